The molecule has 0 radical (unpaired) electrons. The van der Waals surface area contributed by atoms with Crippen LogP contribution in [0.3, 0.4) is 0 Å². The Bertz CT molecular complexity index is 530. The second-order valence-corrected chi connectivity index (χ2v) is 7.13. The normalized spacial score (nSPS) is 17.8. The standard InChI is InChI=1S/C13H13Br3O/c1-6-5-8-10(15)12(16)13(3,4)17-11(8)7(2)9(6)14/h5H,1-4H3. The first-order valence-electron chi connectivity index (χ1n) is 5.30. The molecule has 1 aliphatic heterocycles. The Hall–Kier alpha value is 0.200. The van der Waals surface area contributed by atoms with Crippen LogP contribution in [0.2, 0.25) is 0 Å². The first-order valence-corrected chi connectivity index (χ1v) is 7.68. The van der Waals surface area contributed by atoms with Gasteiger partial charge in [-0.05, 0) is 55.3 Å². The van der Waals surface area contributed by atoms with Gasteiger partial charge in [0.05, 0.1) is 4.48 Å². The van der Waals surface area contributed by atoms with E-state index in [9.17, 15) is 0 Å². The molecule has 0 aromatic heterocycles. The quantitative estimate of drug-likeness (QED) is 0.519. The molecule has 17 heavy (non-hydrogen) atoms. The highest BCUT2D eigenvalue weighted by atomic mass is 79.9. The number of halogens is 3. The Kier molecular flexibility index (Phi) is 3.52. The molecule has 0 atom stereocenters. The number of ether oxygens (including phenoxy) is 1. The molecular formula is C13H13Br3O. The minimum atomic E-state index is -0.342. The van der Waals surface area contributed by atoms with Gasteiger partial charge in [-0.3, -0.25) is 0 Å². The maximum atomic E-state index is 6.10. The predicted octanol–water partition coefficient (Wildman–Crippen LogP) is 5.70. The number of fused-ring (bicyclic) bond motifs is 1. The van der Waals surface area contributed by atoms with Crippen molar-refractivity contribution in [3.8, 4) is 5.75 Å². The second-order valence-electron chi connectivity index (χ2n) is 4.75. The molecule has 2 rings (SSSR count). The Labute approximate surface area is 127 Å². The molecule has 4 heteroatoms. The summed E-state index contributed by atoms with van der Waals surface area (Å²) in [7, 11) is 0. The van der Waals surface area contributed by atoms with E-state index in [2.05, 4.69) is 81.6 Å². The van der Waals surface area contributed by atoms with Crippen molar-refractivity contribution in [1.82, 2.24) is 0 Å². The number of benzene rings is 1. The van der Waals surface area contributed by atoms with Gasteiger partial charge in [-0.2, -0.15) is 0 Å². The van der Waals surface area contributed by atoms with Gasteiger partial charge in [-0.25, -0.2) is 0 Å². The molecule has 0 bridgehead atoms. The Balaban J connectivity index is 2.78. The fourth-order valence-electron chi connectivity index (χ4n) is 1.92. The molecule has 0 saturated heterocycles. The fraction of sp³-hybridized carbons (Fsp3) is 0.385. The van der Waals surface area contributed by atoms with Crippen molar-refractivity contribution in [2.75, 3.05) is 0 Å². The number of hydrogen-bond acceptors (Lipinski definition) is 1. The fourth-order valence-corrected chi connectivity index (χ4v) is 3.28. The van der Waals surface area contributed by atoms with Crippen molar-refractivity contribution >= 4 is 52.3 Å². The van der Waals surface area contributed by atoms with Crippen molar-refractivity contribution in [2.24, 2.45) is 0 Å². The van der Waals surface area contributed by atoms with Gasteiger partial charge < -0.3 is 4.74 Å². The third-order valence-corrected chi connectivity index (χ3v) is 6.86. The van der Waals surface area contributed by atoms with Gasteiger partial charge in [0.15, 0.2) is 0 Å². The molecule has 1 aromatic carbocycles. The molecule has 1 nitrogen and oxygen atoms in total. The van der Waals surface area contributed by atoms with E-state index in [1.165, 1.54) is 5.56 Å². The average Bonchev–Trinajstić information content (AvgIpc) is 2.26. The summed E-state index contributed by atoms with van der Waals surface area (Å²) in [5.74, 6) is 0.947. The van der Waals surface area contributed by atoms with Crippen molar-refractivity contribution in [3.63, 3.8) is 0 Å². The van der Waals surface area contributed by atoms with Gasteiger partial charge in [0.25, 0.3) is 0 Å². The van der Waals surface area contributed by atoms with Crippen molar-refractivity contribution < 1.29 is 4.74 Å². The Morgan fingerprint density at radius 2 is 1.71 bits per heavy atom. The largest absolute Gasteiger partial charge is 0.482 e. The zero-order chi connectivity index (χ0) is 13.0. The third-order valence-electron chi connectivity index (χ3n) is 2.94. The number of rotatable bonds is 0. The van der Waals surface area contributed by atoms with Gasteiger partial charge >= 0.3 is 0 Å². The zero-order valence-electron chi connectivity index (χ0n) is 10.1. The monoisotopic (exact) mass is 422 g/mol. The molecule has 0 unspecified atom stereocenters. The van der Waals surface area contributed by atoms with Gasteiger partial charge in [0.2, 0.25) is 0 Å². The topological polar surface area (TPSA) is 9.23 Å². The molecule has 0 spiro atoms. The first-order chi connectivity index (χ1) is 7.75. The summed E-state index contributed by atoms with van der Waals surface area (Å²) in [4.78, 5) is 0. The van der Waals surface area contributed by atoms with Crippen LogP contribution in [0.15, 0.2) is 15.0 Å². The number of aryl methyl sites for hydroxylation is 1. The van der Waals surface area contributed by atoms with Gasteiger partial charge in [0, 0.05) is 20.1 Å². The van der Waals surface area contributed by atoms with Crippen molar-refractivity contribution in [2.45, 2.75) is 33.3 Å². The lowest BCUT2D eigenvalue weighted by atomic mass is 9.98. The van der Waals surface area contributed by atoms with Crippen LogP contribution in [0.4, 0.5) is 0 Å². The highest BCUT2D eigenvalue weighted by Crippen LogP contribution is 2.49. The molecular weight excluding hydrogens is 412 g/mol. The maximum absolute atomic E-state index is 6.10. The minimum Gasteiger partial charge on any atom is -0.482 e. The SMILES string of the molecule is Cc1cc2c(c(C)c1Br)OC(C)(C)C(Br)=C2Br. The summed E-state index contributed by atoms with van der Waals surface area (Å²) < 4.78 is 9.33. The van der Waals surface area contributed by atoms with E-state index in [0.717, 1.165) is 30.3 Å². The molecule has 1 heterocycles. The van der Waals surface area contributed by atoms with E-state index in [1.807, 2.05) is 0 Å². The predicted molar refractivity (Wildman–Crippen MR) is 83.1 cm³/mol. The lowest BCUT2D eigenvalue weighted by Crippen LogP contribution is -2.32. The summed E-state index contributed by atoms with van der Waals surface area (Å²) in [5.41, 5.74) is 3.12. The van der Waals surface area contributed by atoms with E-state index >= 15 is 0 Å². The molecule has 0 N–H and O–H groups in total. The van der Waals surface area contributed by atoms with E-state index in [4.69, 9.17) is 4.74 Å². The summed E-state index contributed by atoms with van der Waals surface area (Å²) in [5, 5.41) is 0. The molecule has 0 saturated carbocycles. The minimum absolute atomic E-state index is 0.342. The van der Waals surface area contributed by atoms with Gasteiger partial charge in [-0.1, -0.05) is 31.9 Å². The van der Waals surface area contributed by atoms with E-state index in [-0.39, 0.29) is 5.60 Å². The van der Waals surface area contributed by atoms with Crippen LogP contribution in [0.1, 0.15) is 30.5 Å². The van der Waals surface area contributed by atoms with Crippen molar-refractivity contribution in [1.29, 1.82) is 0 Å². The molecule has 1 aliphatic rings. The maximum Gasteiger partial charge on any atom is 0.136 e. The van der Waals surface area contributed by atoms with Crippen LogP contribution in [-0.2, 0) is 0 Å². The van der Waals surface area contributed by atoms with E-state index in [1.54, 1.807) is 0 Å². The summed E-state index contributed by atoms with van der Waals surface area (Å²) >= 11 is 10.9. The zero-order valence-corrected chi connectivity index (χ0v) is 14.9. The lowest BCUT2D eigenvalue weighted by molar-refractivity contribution is 0.154. The first kappa shape index (κ1) is 13.6. The molecule has 92 valence electrons. The van der Waals surface area contributed by atoms with Crippen LogP contribution >= 0.6 is 47.8 Å². The van der Waals surface area contributed by atoms with Crippen LogP contribution in [0, 0.1) is 13.8 Å². The average molecular weight is 425 g/mol. The lowest BCUT2D eigenvalue weighted by Gasteiger charge is -2.34. The van der Waals surface area contributed by atoms with E-state index < -0.39 is 0 Å². The molecule has 0 amide bonds. The van der Waals surface area contributed by atoms with Crippen LogP contribution in [-0.4, -0.2) is 5.60 Å². The summed E-state index contributed by atoms with van der Waals surface area (Å²) in [6.07, 6.45) is 0. The molecule has 0 fully saturated rings. The van der Waals surface area contributed by atoms with Crippen LogP contribution < -0.4 is 4.74 Å². The van der Waals surface area contributed by atoms with Gasteiger partial charge in [0.1, 0.15) is 11.4 Å². The number of hydrogen-bond donors (Lipinski definition) is 0. The Morgan fingerprint density at radius 3 is 2.29 bits per heavy atom. The smallest absolute Gasteiger partial charge is 0.136 e. The van der Waals surface area contributed by atoms with Crippen molar-refractivity contribution in [3.05, 3.63) is 31.7 Å². The van der Waals surface area contributed by atoms with E-state index in [0.29, 0.717) is 0 Å². The van der Waals surface area contributed by atoms with Crippen LogP contribution in [0.25, 0.3) is 4.48 Å². The summed E-state index contributed by atoms with van der Waals surface area (Å²) in [6, 6.07) is 2.13. The highest BCUT2D eigenvalue weighted by Gasteiger charge is 2.34. The summed E-state index contributed by atoms with van der Waals surface area (Å²) in [6.45, 7) is 8.26. The highest BCUT2D eigenvalue weighted by molar-refractivity contribution is 9.16. The molecule has 1 aromatic rings. The third kappa shape index (κ3) is 2.13. The Morgan fingerprint density at radius 1 is 1.12 bits per heavy atom. The second kappa shape index (κ2) is 4.39. The van der Waals surface area contributed by atoms with Gasteiger partial charge in [-0.15, -0.1) is 0 Å². The van der Waals surface area contributed by atoms with Crippen LogP contribution in [0.5, 0.6) is 5.75 Å². The molecule has 0 aliphatic carbocycles.